The molecule has 3 rings (SSSR count). The van der Waals surface area contributed by atoms with Gasteiger partial charge in [-0.2, -0.15) is 0 Å². The van der Waals surface area contributed by atoms with Crippen molar-refractivity contribution < 1.29 is 4.39 Å². The summed E-state index contributed by atoms with van der Waals surface area (Å²) >= 11 is 0. The molecule has 0 amide bonds. The smallest absolute Gasteiger partial charge is 0.203 e. The molecule has 18 heavy (non-hydrogen) atoms. The zero-order valence-electron chi connectivity index (χ0n) is 10.1. The summed E-state index contributed by atoms with van der Waals surface area (Å²) in [5, 5.41) is 3.34. The molecule has 0 radical (unpaired) electrons. The van der Waals surface area contributed by atoms with Gasteiger partial charge < -0.3 is 9.88 Å². The van der Waals surface area contributed by atoms with Crippen LogP contribution in [0.3, 0.4) is 0 Å². The maximum absolute atomic E-state index is 12.8. The van der Waals surface area contributed by atoms with Crippen molar-refractivity contribution in [2.75, 3.05) is 11.9 Å². The minimum atomic E-state index is -0.184. The molecule has 0 bridgehead atoms. The molecule has 94 valence electrons. The third-order valence-electron chi connectivity index (χ3n) is 3.22. The Morgan fingerprint density at radius 2 is 2.06 bits per heavy atom. The Morgan fingerprint density at radius 3 is 2.78 bits per heavy atom. The number of hydrogen-bond acceptors (Lipinski definition) is 2. The number of nitrogens with one attached hydrogen (secondary N) is 1. The molecular weight excluding hydrogens is 229 g/mol. The van der Waals surface area contributed by atoms with Crippen molar-refractivity contribution in [1.82, 2.24) is 9.55 Å². The zero-order chi connectivity index (χ0) is 12.4. The second kappa shape index (κ2) is 4.80. The third-order valence-corrected chi connectivity index (χ3v) is 3.22. The molecule has 0 atom stereocenters. The SMILES string of the molecule is Fc1ccc(CCNc2nccn2C2CC2)cc1. The van der Waals surface area contributed by atoms with Gasteiger partial charge in [0, 0.05) is 25.0 Å². The molecule has 2 aromatic rings. The Hall–Kier alpha value is -1.84. The van der Waals surface area contributed by atoms with E-state index >= 15 is 0 Å². The third kappa shape index (κ3) is 2.53. The summed E-state index contributed by atoms with van der Waals surface area (Å²) in [6.45, 7) is 0.815. The Balaban J connectivity index is 1.55. The van der Waals surface area contributed by atoms with Gasteiger partial charge in [-0.1, -0.05) is 12.1 Å². The van der Waals surface area contributed by atoms with Crippen LogP contribution in [0.5, 0.6) is 0 Å². The van der Waals surface area contributed by atoms with E-state index in [1.807, 2.05) is 24.5 Å². The highest BCUT2D eigenvalue weighted by molar-refractivity contribution is 5.28. The molecule has 0 spiro atoms. The highest BCUT2D eigenvalue weighted by Crippen LogP contribution is 2.36. The summed E-state index contributed by atoms with van der Waals surface area (Å²) in [6.07, 6.45) is 7.24. The summed E-state index contributed by atoms with van der Waals surface area (Å²) in [6, 6.07) is 7.29. The van der Waals surface area contributed by atoms with Gasteiger partial charge in [-0.15, -0.1) is 0 Å². The first kappa shape index (κ1) is 11.3. The van der Waals surface area contributed by atoms with Crippen molar-refractivity contribution in [3.05, 3.63) is 48.0 Å². The number of halogens is 1. The summed E-state index contributed by atoms with van der Waals surface area (Å²) < 4.78 is 15.0. The highest BCUT2D eigenvalue weighted by atomic mass is 19.1. The van der Waals surface area contributed by atoms with E-state index < -0.39 is 0 Å². The first-order valence-electron chi connectivity index (χ1n) is 6.34. The van der Waals surface area contributed by atoms with Crippen LogP contribution in [0, 0.1) is 5.82 Å². The zero-order valence-corrected chi connectivity index (χ0v) is 10.1. The van der Waals surface area contributed by atoms with Gasteiger partial charge in [0.25, 0.3) is 0 Å². The number of rotatable bonds is 5. The number of imidazole rings is 1. The highest BCUT2D eigenvalue weighted by Gasteiger charge is 2.25. The number of nitrogens with zero attached hydrogens (tertiary/aromatic N) is 2. The monoisotopic (exact) mass is 245 g/mol. The molecule has 4 heteroatoms. The second-order valence-corrected chi connectivity index (χ2v) is 4.69. The summed E-state index contributed by atoms with van der Waals surface area (Å²) in [5.74, 6) is 0.760. The van der Waals surface area contributed by atoms with Gasteiger partial charge in [-0.05, 0) is 37.0 Å². The fourth-order valence-electron chi connectivity index (χ4n) is 2.07. The quantitative estimate of drug-likeness (QED) is 0.877. The topological polar surface area (TPSA) is 29.9 Å². The average Bonchev–Trinajstić information content (AvgIpc) is 3.12. The fraction of sp³-hybridized carbons (Fsp3) is 0.357. The van der Waals surface area contributed by atoms with E-state index in [2.05, 4.69) is 14.9 Å². The standard InChI is InChI=1S/C14H16FN3/c15-12-3-1-11(2-4-12)7-8-16-14-17-9-10-18(14)13-5-6-13/h1-4,9-10,13H,5-8H2,(H,16,17). The van der Waals surface area contributed by atoms with Crippen LogP contribution in [0.15, 0.2) is 36.7 Å². The van der Waals surface area contributed by atoms with Crippen LogP contribution in [0.25, 0.3) is 0 Å². The van der Waals surface area contributed by atoms with Gasteiger partial charge in [0.2, 0.25) is 5.95 Å². The molecule has 1 aromatic carbocycles. The maximum Gasteiger partial charge on any atom is 0.203 e. The van der Waals surface area contributed by atoms with Crippen LogP contribution in [0.1, 0.15) is 24.4 Å². The normalized spacial score (nSPS) is 14.7. The number of hydrogen-bond donors (Lipinski definition) is 1. The van der Waals surface area contributed by atoms with Crippen LogP contribution in [0.2, 0.25) is 0 Å². The number of anilines is 1. The van der Waals surface area contributed by atoms with Crippen molar-refractivity contribution in [3.63, 3.8) is 0 Å². The molecule has 1 aliphatic carbocycles. The molecule has 1 fully saturated rings. The summed E-state index contributed by atoms with van der Waals surface area (Å²) in [4.78, 5) is 4.31. The predicted molar refractivity (Wildman–Crippen MR) is 69.1 cm³/mol. The van der Waals surface area contributed by atoms with E-state index in [1.165, 1.54) is 25.0 Å². The summed E-state index contributed by atoms with van der Waals surface area (Å²) in [5.41, 5.74) is 1.13. The van der Waals surface area contributed by atoms with E-state index in [4.69, 9.17) is 0 Å². The summed E-state index contributed by atoms with van der Waals surface area (Å²) in [7, 11) is 0. The number of aromatic nitrogens is 2. The Kier molecular flexibility index (Phi) is 3.00. The van der Waals surface area contributed by atoms with Crippen molar-refractivity contribution in [2.24, 2.45) is 0 Å². The lowest BCUT2D eigenvalue weighted by molar-refractivity contribution is 0.627. The van der Waals surface area contributed by atoms with Gasteiger partial charge in [0.15, 0.2) is 0 Å². The van der Waals surface area contributed by atoms with Gasteiger partial charge in [-0.3, -0.25) is 0 Å². The Bertz CT molecular complexity index is 514. The minimum Gasteiger partial charge on any atom is -0.355 e. The molecule has 3 nitrogen and oxygen atoms in total. The van der Waals surface area contributed by atoms with Gasteiger partial charge >= 0.3 is 0 Å². The molecule has 1 saturated carbocycles. The molecule has 0 aliphatic heterocycles. The van der Waals surface area contributed by atoms with Crippen LogP contribution >= 0.6 is 0 Å². The molecule has 1 heterocycles. The minimum absolute atomic E-state index is 0.184. The van der Waals surface area contributed by atoms with E-state index in [-0.39, 0.29) is 5.82 Å². The van der Waals surface area contributed by atoms with E-state index in [0.717, 1.165) is 24.5 Å². The molecular formula is C14H16FN3. The van der Waals surface area contributed by atoms with E-state index in [1.54, 1.807) is 0 Å². The Labute approximate surface area is 106 Å². The molecule has 1 N–H and O–H groups in total. The van der Waals surface area contributed by atoms with Crippen LogP contribution in [-0.4, -0.2) is 16.1 Å². The molecule has 1 aliphatic rings. The van der Waals surface area contributed by atoms with Crippen LogP contribution in [-0.2, 0) is 6.42 Å². The average molecular weight is 245 g/mol. The van der Waals surface area contributed by atoms with Crippen LogP contribution < -0.4 is 5.32 Å². The largest absolute Gasteiger partial charge is 0.355 e. The number of benzene rings is 1. The maximum atomic E-state index is 12.8. The lowest BCUT2D eigenvalue weighted by Crippen LogP contribution is -2.09. The fourth-order valence-corrected chi connectivity index (χ4v) is 2.07. The first-order chi connectivity index (χ1) is 8.83. The van der Waals surface area contributed by atoms with Crippen molar-refractivity contribution >= 4 is 5.95 Å². The van der Waals surface area contributed by atoms with Gasteiger partial charge in [0.1, 0.15) is 5.82 Å². The second-order valence-electron chi connectivity index (χ2n) is 4.69. The van der Waals surface area contributed by atoms with E-state index in [0.29, 0.717) is 6.04 Å². The van der Waals surface area contributed by atoms with Gasteiger partial charge in [0.05, 0.1) is 0 Å². The molecule has 1 aromatic heterocycles. The van der Waals surface area contributed by atoms with Crippen molar-refractivity contribution in [2.45, 2.75) is 25.3 Å². The lowest BCUT2D eigenvalue weighted by Gasteiger charge is -2.08. The molecule has 0 unspecified atom stereocenters. The lowest BCUT2D eigenvalue weighted by atomic mass is 10.1. The van der Waals surface area contributed by atoms with Gasteiger partial charge in [-0.25, -0.2) is 9.37 Å². The van der Waals surface area contributed by atoms with Crippen molar-refractivity contribution in [3.8, 4) is 0 Å². The van der Waals surface area contributed by atoms with Crippen LogP contribution in [0.4, 0.5) is 10.3 Å². The predicted octanol–water partition coefficient (Wildman–Crippen LogP) is 3.01. The van der Waals surface area contributed by atoms with E-state index in [9.17, 15) is 4.39 Å². The Morgan fingerprint density at radius 1 is 1.28 bits per heavy atom. The molecule has 0 saturated heterocycles. The first-order valence-corrected chi connectivity index (χ1v) is 6.34. The van der Waals surface area contributed by atoms with Crippen molar-refractivity contribution in [1.29, 1.82) is 0 Å².